The van der Waals surface area contributed by atoms with Crippen LogP contribution < -0.4 is 10.5 Å². The molecule has 0 saturated carbocycles. The third kappa shape index (κ3) is 4.51. The number of hydrogen-bond donors (Lipinski definition) is 2. The maximum atomic E-state index is 13.5. The van der Waals surface area contributed by atoms with Crippen molar-refractivity contribution in [1.29, 1.82) is 5.26 Å². The minimum Gasteiger partial charge on any atom is -0.467 e. The average molecular weight is 448 g/mol. The fraction of sp³-hybridized carbons (Fsp3) is 0.0435. The molecule has 0 aliphatic carbocycles. The molecule has 0 saturated heterocycles. The van der Waals surface area contributed by atoms with Crippen molar-refractivity contribution in [3.63, 3.8) is 0 Å². The Morgan fingerprint density at radius 2 is 1.75 bits per heavy atom. The van der Waals surface area contributed by atoms with Crippen LogP contribution in [-0.4, -0.2) is 13.4 Å². The molecule has 9 heteroatoms. The Morgan fingerprint density at radius 3 is 2.34 bits per heavy atom. The summed E-state index contributed by atoms with van der Waals surface area (Å²) in [4.78, 5) is 4.62. The highest BCUT2D eigenvalue weighted by Crippen LogP contribution is 2.34. The zero-order chi connectivity index (χ0) is 22.7. The first-order chi connectivity index (χ1) is 15.3. The lowest BCUT2D eigenvalue weighted by Gasteiger charge is -2.14. The molecule has 7 nitrogen and oxygen atoms in total. The largest absolute Gasteiger partial charge is 0.467 e. The second-order valence-corrected chi connectivity index (χ2v) is 8.46. The second-order valence-electron chi connectivity index (χ2n) is 6.90. The molecule has 160 valence electrons. The van der Waals surface area contributed by atoms with Gasteiger partial charge in [-0.2, -0.15) is 5.26 Å². The van der Waals surface area contributed by atoms with Crippen molar-refractivity contribution in [2.45, 2.75) is 11.4 Å². The van der Waals surface area contributed by atoms with E-state index in [1.54, 1.807) is 48.7 Å². The lowest BCUT2D eigenvalue weighted by molar-refractivity contribution is 0.518. The molecule has 0 aliphatic rings. The number of sulfonamides is 1. The quantitative estimate of drug-likeness (QED) is 0.454. The van der Waals surface area contributed by atoms with Gasteiger partial charge in [0.2, 0.25) is 10.0 Å². The first-order valence-electron chi connectivity index (χ1n) is 9.46. The van der Waals surface area contributed by atoms with Crippen molar-refractivity contribution in [3.8, 4) is 28.5 Å². The van der Waals surface area contributed by atoms with Crippen LogP contribution in [0.2, 0.25) is 0 Å². The zero-order valence-electron chi connectivity index (χ0n) is 16.6. The van der Waals surface area contributed by atoms with Gasteiger partial charge in [-0.05, 0) is 60.2 Å². The Bertz CT molecular complexity index is 1390. The van der Waals surface area contributed by atoms with Gasteiger partial charge in [-0.3, -0.25) is 0 Å². The number of nitriles is 1. The van der Waals surface area contributed by atoms with Crippen LogP contribution in [0.1, 0.15) is 11.3 Å². The molecule has 0 fully saturated rings. The zero-order valence-corrected chi connectivity index (χ0v) is 17.4. The van der Waals surface area contributed by atoms with E-state index in [9.17, 15) is 18.1 Å². The molecular formula is C23H17FN4O3S. The van der Waals surface area contributed by atoms with Gasteiger partial charge in [0.05, 0.1) is 29.0 Å². The number of nitrogens with zero attached hydrogens (tertiary/aromatic N) is 2. The molecule has 2 aromatic heterocycles. The molecule has 0 aliphatic heterocycles. The Balaban J connectivity index is 1.84. The number of rotatable bonds is 6. The fourth-order valence-electron chi connectivity index (χ4n) is 3.19. The molecule has 0 radical (unpaired) electrons. The van der Waals surface area contributed by atoms with E-state index in [0.29, 0.717) is 40.5 Å². The molecule has 32 heavy (non-hydrogen) atoms. The summed E-state index contributed by atoms with van der Waals surface area (Å²) in [6, 6.07) is 19.1. The smallest absolute Gasteiger partial charge is 0.238 e. The van der Waals surface area contributed by atoms with Crippen LogP contribution in [0, 0.1) is 17.1 Å². The minimum atomic E-state index is -3.85. The van der Waals surface area contributed by atoms with Gasteiger partial charge in [0.1, 0.15) is 23.5 Å². The van der Waals surface area contributed by atoms with Crippen LogP contribution in [-0.2, 0) is 16.6 Å². The first kappa shape index (κ1) is 21.2. The predicted octanol–water partition coefficient (Wildman–Crippen LogP) is 4.28. The van der Waals surface area contributed by atoms with E-state index in [2.05, 4.69) is 16.4 Å². The Morgan fingerprint density at radius 1 is 1.06 bits per heavy atom. The van der Waals surface area contributed by atoms with E-state index in [0.717, 1.165) is 0 Å². The van der Waals surface area contributed by atoms with Crippen LogP contribution in [0.25, 0.3) is 22.4 Å². The number of furan rings is 1. The highest BCUT2D eigenvalue weighted by Gasteiger charge is 2.16. The van der Waals surface area contributed by atoms with E-state index >= 15 is 0 Å². The number of benzene rings is 2. The third-order valence-corrected chi connectivity index (χ3v) is 5.69. The van der Waals surface area contributed by atoms with Crippen molar-refractivity contribution in [2.24, 2.45) is 5.14 Å². The van der Waals surface area contributed by atoms with Crippen molar-refractivity contribution in [1.82, 2.24) is 4.98 Å². The van der Waals surface area contributed by atoms with Crippen molar-refractivity contribution >= 4 is 15.8 Å². The number of anilines is 1. The summed E-state index contributed by atoms with van der Waals surface area (Å²) in [6.07, 6.45) is 1.55. The van der Waals surface area contributed by atoms with Crippen LogP contribution >= 0.6 is 0 Å². The molecule has 2 heterocycles. The summed E-state index contributed by atoms with van der Waals surface area (Å²) in [6.45, 7) is 0.319. The summed E-state index contributed by atoms with van der Waals surface area (Å²) in [5.41, 5.74) is 2.61. The van der Waals surface area contributed by atoms with Gasteiger partial charge in [-0.15, -0.1) is 0 Å². The number of primary sulfonamides is 1. The molecule has 4 aromatic rings. The molecule has 2 aromatic carbocycles. The molecular weight excluding hydrogens is 431 g/mol. The van der Waals surface area contributed by atoms with Gasteiger partial charge in [-0.1, -0.05) is 12.1 Å². The highest BCUT2D eigenvalue weighted by atomic mass is 32.2. The standard InChI is InChI=1S/C23H17FN4O3S/c24-18-7-3-16(4-8-18)22-21(15-5-9-20(10-6-15)32(26,29)30)12-17(13-25)23(28-22)27-14-19-2-1-11-31-19/h1-12H,14H2,(H,27,28)(H2,26,29,30). The Hall–Kier alpha value is -4.00. The van der Waals surface area contributed by atoms with E-state index in [1.165, 1.54) is 24.3 Å². The minimum absolute atomic E-state index is 0.0326. The van der Waals surface area contributed by atoms with Gasteiger partial charge in [-0.25, -0.2) is 22.9 Å². The SMILES string of the molecule is N#Cc1cc(-c2ccc(S(N)(=O)=O)cc2)c(-c2ccc(F)cc2)nc1NCc1ccco1. The van der Waals surface area contributed by atoms with E-state index in [1.807, 2.05) is 0 Å². The monoisotopic (exact) mass is 448 g/mol. The number of aromatic nitrogens is 1. The fourth-order valence-corrected chi connectivity index (χ4v) is 3.70. The summed E-state index contributed by atoms with van der Waals surface area (Å²) in [7, 11) is -3.85. The van der Waals surface area contributed by atoms with E-state index in [-0.39, 0.29) is 10.5 Å². The van der Waals surface area contributed by atoms with Crippen molar-refractivity contribution in [3.05, 3.63) is 90.1 Å². The predicted molar refractivity (Wildman–Crippen MR) is 117 cm³/mol. The number of nitrogens with one attached hydrogen (secondary N) is 1. The Labute approximate surface area is 184 Å². The lowest BCUT2D eigenvalue weighted by atomic mass is 9.97. The molecule has 0 amide bonds. The number of hydrogen-bond acceptors (Lipinski definition) is 6. The molecule has 0 bridgehead atoms. The van der Waals surface area contributed by atoms with E-state index in [4.69, 9.17) is 9.56 Å². The average Bonchev–Trinajstić information content (AvgIpc) is 3.31. The highest BCUT2D eigenvalue weighted by molar-refractivity contribution is 7.89. The lowest BCUT2D eigenvalue weighted by Crippen LogP contribution is -2.11. The van der Waals surface area contributed by atoms with Crippen LogP contribution in [0.3, 0.4) is 0 Å². The normalized spacial score (nSPS) is 11.2. The van der Waals surface area contributed by atoms with Gasteiger partial charge in [0.25, 0.3) is 0 Å². The maximum Gasteiger partial charge on any atom is 0.238 e. The summed E-state index contributed by atoms with van der Waals surface area (Å²) < 4.78 is 42.0. The summed E-state index contributed by atoms with van der Waals surface area (Å²) in [5.74, 6) is 0.618. The van der Waals surface area contributed by atoms with Crippen molar-refractivity contribution < 1.29 is 17.2 Å². The van der Waals surface area contributed by atoms with Crippen LogP contribution in [0.5, 0.6) is 0 Å². The van der Waals surface area contributed by atoms with Crippen LogP contribution in [0.15, 0.2) is 82.3 Å². The van der Waals surface area contributed by atoms with E-state index < -0.39 is 15.8 Å². The third-order valence-electron chi connectivity index (χ3n) is 4.76. The molecule has 0 unspecified atom stereocenters. The first-order valence-corrected chi connectivity index (χ1v) is 11.0. The topological polar surface area (TPSA) is 122 Å². The molecule has 3 N–H and O–H groups in total. The Kier molecular flexibility index (Phi) is 5.73. The van der Waals surface area contributed by atoms with Gasteiger partial charge < -0.3 is 9.73 Å². The number of halogens is 1. The molecule has 0 atom stereocenters. The van der Waals surface area contributed by atoms with Gasteiger partial charge >= 0.3 is 0 Å². The maximum absolute atomic E-state index is 13.5. The molecule has 4 rings (SSSR count). The van der Waals surface area contributed by atoms with Gasteiger partial charge in [0.15, 0.2) is 0 Å². The van der Waals surface area contributed by atoms with Crippen LogP contribution in [0.4, 0.5) is 10.2 Å². The molecule has 0 spiro atoms. The number of nitrogens with two attached hydrogens (primary N) is 1. The van der Waals surface area contributed by atoms with Gasteiger partial charge in [0, 0.05) is 11.1 Å². The second kappa shape index (κ2) is 8.63. The van der Waals surface area contributed by atoms with Crippen molar-refractivity contribution in [2.75, 3.05) is 5.32 Å². The summed E-state index contributed by atoms with van der Waals surface area (Å²) in [5, 5.41) is 18.0. The number of pyridine rings is 1. The summed E-state index contributed by atoms with van der Waals surface area (Å²) >= 11 is 0.